The molecule has 0 aliphatic heterocycles. The molecule has 1 aromatic heterocycles. The summed E-state index contributed by atoms with van der Waals surface area (Å²) in [5.41, 5.74) is 0.489. The number of aromatic nitrogens is 1. The van der Waals surface area contributed by atoms with E-state index in [1.54, 1.807) is 0 Å². The van der Waals surface area contributed by atoms with Crippen molar-refractivity contribution in [3.63, 3.8) is 0 Å². The fraction of sp³-hybridized carbons (Fsp3) is 0.167. The number of sulfonamides is 1. The summed E-state index contributed by atoms with van der Waals surface area (Å²) >= 11 is 5.45. The molecule has 1 aromatic rings. The van der Waals surface area contributed by atoms with E-state index in [9.17, 15) is 8.42 Å². The van der Waals surface area contributed by atoms with Gasteiger partial charge in [-0.1, -0.05) is 0 Å². The van der Waals surface area contributed by atoms with Gasteiger partial charge in [-0.25, -0.2) is 13.6 Å². The van der Waals surface area contributed by atoms with Crippen molar-refractivity contribution in [1.29, 1.82) is 0 Å². The molecule has 0 amide bonds. The smallest absolute Gasteiger partial charge is 0.238 e. The van der Waals surface area contributed by atoms with E-state index in [0.717, 1.165) is 0 Å². The molecule has 0 radical (unpaired) electrons. The van der Waals surface area contributed by atoms with Crippen molar-refractivity contribution in [3.8, 4) is 0 Å². The van der Waals surface area contributed by atoms with E-state index in [4.69, 9.17) is 16.7 Å². The third-order valence-corrected chi connectivity index (χ3v) is 2.44. The number of hydrogen-bond donors (Lipinski definition) is 1. The van der Waals surface area contributed by atoms with Crippen molar-refractivity contribution in [2.75, 3.05) is 0 Å². The van der Waals surface area contributed by atoms with Crippen LogP contribution in [0.1, 0.15) is 5.69 Å². The Labute approximate surface area is 75.4 Å². The Morgan fingerprint density at radius 1 is 1.58 bits per heavy atom. The summed E-state index contributed by atoms with van der Waals surface area (Å²) in [6.45, 7) is 0. The van der Waals surface area contributed by atoms with Gasteiger partial charge in [0.15, 0.2) is 0 Å². The van der Waals surface area contributed by atoms with Crippen LogP contribution in [0.3, 0.4) is 0 Å². The molecule has 0 saturated carbocycles. The second kappa shape index (κ2) is 3.38. The van der Waals surface area contributed by atoms with Gasteiger partial charge in [0.25, 0.3) is 0 Å². The van der Waals surface area contributed by atoms with Crippen LogP contribution in [-0.2, 0) is 15.9 Å². The summed E-state index contributed by atoms with van der Waals surface area (Å²) in [5.74, 6) is 0.170. The lowest BCUT2D eigenvalue weighted by Gasteiger charge is -1.98. The minimum Gasteiger partial charge on any atom is -0.260 e. The Bertz CT molecular complexity index is 377. The molecule has 4 nitrogen and oxygen atoms in total. The van der Waals surface area contributed by atoms with Crippen molar-refractivity contribution in [1.82, 2.24) is 4.98 Å². The molecule has 0 aliphatic carbocycles. The highest BCUT2D eigenvalue weighted by Gasteiger charge is 2.07. The Balaban J connectivity index is 3.20. The predicted molar refractivity (Wildman–Crippen MR) is 45.2 cm³/mol. The molecule has 0 saturated heterocycles. The lowest BCUT2D eigenvalue weighted by Crippen LogP contribution is -2.12. The van der Waals surface area contributed by atoms with Crippen molar-refractivity contribution in [3.05, 3.63) is 24.0 Å². The number of nitrogens with two attached hydrogens (primary N) is 1. The lowest BCUT2D eigenvalue weighted by atomic mass is 10.4. The van der Waals surface area contributed by atoms with Gasteiger partial charge in [-0.15, -0.1) is 11.6 Å². The molecular formula is C6H7ClN2O2S. The van der Waals surface area contributed by atoms with Gasteiger partial charge >= 0.3 is 0 Å². The highest BCUT2D eigenvalue weighted by atomic mass is 35.5. The normalized spacial score (nSPS) is 11.5. The molecule has 66 valence electrons. The Morgan fingerprint density at radius 2 is 2.25 bits per heavy atom. The van der Waals surface area contributed by atoms with Gasteiger partial charge in [0, 0.05) is 6.20 Å². The maximum Gasteiger partial charge on any atom is 0.238 e. The molecule has 0 aliphatic rings. The summed E-state index contributed by atoms with van der Waals surface area (Å²) in [6, 6.07) is 2.67. The summed E-state index contributed by atoms with van der Waals surface area (Å²) in [4.78, 5) is 3.85. The Morgan fingerprint density at radius 3 is 2.75 bits per heavy atom. The van der Waals surface area contributed by atoms with Crippen LogP contribution in [0.4, 0.5) is 0 Å². The minimum absolute atomic E-state index is 0.0353. The fourth-order valence-corrected chi connectivity index (χ4v) is 1.40. The van der Waals surface area contributed by atoms with Gasteiger partial charge in [-0.05, 0) is 12.1 Å². The molecule has 0 unspecified atom stereocenters. The fourth-order valence-electron chi connectivity index (χ4n) is 0.706. The van der Waals surface area contributed by atoms with Crippen LogP contribution in [0.15, 0.2) is 23.2 Å². The van der Waals surface area contributed by atoms with Gasteiger partial charge in [0.2, 0.25) is 10.0 Å². The topological polar surface area (TPSA) is 73.1 Å². The minimum atomic E-state index is -3.63. The molecule has 0 fully saturated rings. The number of pyridine rings is 1. The van der Waals surface area contributed by atoms with Gasteiger partial charge in [-0.3, -0.25) is 4.98 Å². The van der Waals surface area contributed by atoms with Crippen molar-refractivity contribution >= 4 is 21.6 Å². The molecule has 0 bridgehead atoms. The van der Waals surface area contributed by atoms with Crippen molar-refractivity contribution in [2.24, 2.45) is 5.14 Å². The molecule has 1 rings (SSSR count). The first-order valence-corrected chi connectivity index (χ1v) is 5.16. The average molecular weight is 207 g/mol. The summed E-state index contributed by atoms with van der Waals surface area (Å²) in [7, 11) is -3.63. The van der Waals surface area contributed by atoms with Crippen molar-refractivity contribution in [2.45, 2.75) is 10.8 Å². The summed E-state index contributed by atoms with van der Waals surface area (Å²) in [5, 5.41) is 4.88. The number of rotatable bonds is 2. The van der Waals surface area contributed by atoms with Gasteiger partial charge in [0.05, 0.1) is 16.5 Å². The molecule has 0 spiro atoms. The van der Waals surface area contributed by atoms with Crippen LogP contribution in [0, 0.1) is 0 Å². The van der Waals surface area contributed by atoms with E-state index in [1.165, 1.54) is 18.3 Å². The van der Waals surface area contributed by atoms with Gasteiger partial charge < -0.3 is 0 Å². The zero-order valence-electron chi connectivity index (χ0n) is 6.07. The third-order valence-electron chi connectivity index (χ3n) is 1.25. The van der Waals surface area contributed by atoms with E-state index in [1.807, 2.05) is 0 Å². The number of alkyl halides is 1. The van der Waals surface area contributed by atoms with Crippen LogP contribution in [0.2, 0.25) is 0 Å². The molecule has 12 heavy (non-hydrogen) atoms. The number of nitrogens with zero attached hydrogens (tertiary/aromatic N) is 1. The average Bonchev–Trinajstić information content (AvgIpc) is 2.03. The first kappa shape index (κ1) is 9.44. The van der Waals surface area contributed by atoms with Crippen LogP contribution < -0.4 is 5.14 Å². The monoisotopic (exact) mass is 206 g/mol. The van der Waals surface area contributed by atoms with Crippen LogP contribution in [0.5, 0.6) is 0 Å². The second-order valence-electron chi connectivity index (χ2n) is 2.16. The summed E-state index contributed by atoms with van der Waals surface area (Å²) in [6.07, 6.45) is 1.36. The Hall–Kier alpha value is -0.650. The zero-order valence-corrected chi connectivity index (χ0v) is 7.64. The van der Waals surface area contributed by atoms with E-state index in [0.29, 0.717) is 5.69 Å². The molecule has 1 heterocycles. The van der Waals surface area contributed by atoms with E-state index < -0.39 is 10.0 Å². The van der Waals surface area contributed by atoms with E-state index in [-0.39, 0.29) is 10.8 Å². The summed E-state index contributed by atoms with van der Waals surface area (Å²) < 4.78 is 21.6. The van der Waals surface area contributed by atoms with Crippen molar-refractivity contribution < 1.29 is 8.42 Å². The van der Waals surface area contributed by atoms with Crippen LogP contribution in [0.25, 0.3) is 0 Å². The Kier molecular flexibility index (Phi) is 2.66. The lowest BCUT2D eigenvalue weighted by molar-refractivity contribution is 0.597. The highest BCUT2D eigenvalue weighted by Crippen LogP contribution is 2.08. The standard InChI is InChI=1S/C6H7ClN2O2S/c7-4-5-3-6(1-2-9-5)12(8,10)11/h1-3H,4H2,(H2,8,10,11). The maximum absolute atomic E-state index is 10.8. The molecule has 6 heteroatoms. The number of hydrogen-bond acceptors (Lipinski definition) is 3. The van der Waals surface area contributed by atoms with Crippen LogP contribution >= 0.6 is 11.6 Å². The molecular weight excluding hydrogens is 200 g/mol. The van der Waals surface area contributed by atoms with E-state index in [2.05, 4.69) is 4.98 Å². The number of halogens is 1. The largest absolute Gasteiger partial charge is 0.260 e. The second-order valence-corrected chi connectivity index (χ2v) is 3.99. The molecule has 0 aromatic carbocycles. The highest BCUT2D eigenvalue weighted by molar-refractivity contribution is 7.89. The van der Waals surface area contributed by atoms with Crippen LogP contribution in [-0.4, -0.2) is 13.4 Å². The SMILES string of the molecule is NS(=O)(=O)c1ccnc(CCl)c1. The predicted octanol–water partition coefficient (Wildman–Crippen LogP) is 0.468. The molecule has 0 atom stereocenters. The first-order valence-electron chi connectivity index (χ1n) is 3.08. The maximum atomic E-state index is 10.8. The van der Waals surface area contributed by atoms with E-state index >= 15 is 0 Å². The van der Waals surface area contributed by atoms with Gasteiger partial charge in [0.1, 0.15) is 0 Å². The quantitative estimate of drug-likeness (QED) is 0.715. The third kappa shape index (κ3) is 2.17. The first-order chi connectivity index (χ1) is 5.54. The zero-order chi connectivity index (χ0) is 9.19. The number of primary sulfonamides is 1. The van der Waals surface area contributed by atoms with Gasteiger partial charge in [-0.2, -0.15) is 0 Å². The molecule has 2 N–H and O–H groups in total.